The van der Waals surface area contributed by atoms with Crippen LogP contribution in [0.2, 0.25) is 0 Å². The van der Waals surface area contributed by atoms with Crippen molar-refractivity contribution in [2.45, 2.75) is 97.6 Å². The number of rotatable bonds is 15. The molecular weight excluding hydrogens is 348 g/mol. The molecule has 7 heteroatoms. The Morgan fingerprint density at radius 1 is 0.704 bits per heavy atom. The number of amides is 2. The van der Waals surface area contributed by atoms with Crippen molar-refractivity contribution in [3.05, 3.63) is 0 Å². The van der Waals surface area contributed by atoms with Crippen LogP contribution in [0.5, 0.6) is 0 Å². The Bertz CT molecular complexity index is 429. The van der Waals surface area contributed by atoms with Crippen LogP contribution in [0.3, 0.4) is 0 Å². The standard InChI is InChI=1S/C20H38N2O5/c1-5-9-10-11-15-26-19(24)17(13-7-3)21-18(23)16(12-6-2)22-20(25)27-14-8-4/h16-17H,5-15H2,1-4H3,(H,21,23)(H,22,25). The summed E-state index contributed by atoms with van der Waals surface area (Å²) < 4.78 is 10.3. The van der Waals surface area contributed by atoms with Crippen molar-refractivity contribution in [2.24, 2.45) is 0 Å². The van der Waals surface area contributed by atoms with Crippen molar-refractivity contribution in [3.63, 3.8) is 0 Å². The summed E-state index contributed by atoms with van der Waals surface area (Å²) in [6.45, 7) is 8.55. The second kappa shape index (κ2) is 16.4. The highest BCUT2D eigenvalue weighted by Gasteiger charge is 2.27. The van der Waals surface area contributed by atoms with Crippen LogP contribution >= 0.6 is 0 Å². The zero-order valence-electron chi connectivity index (χ0n) is 17.5. The fourth-order valence-electron chi connectivity index (χ4n) is 2.55. The number of carbonyl (C=O) groups is 3. The molecule has 2 N–H and O–H groups in total. The van der Waals surface area contributed by atoms with Gasteiger partial charge in [-0.2, -0.15) is 0 Å². The topological polar surface area (TPSA) is 93.7 Å². The Kier molecular flexibility index (Phi) is 15.3. The van der Waals surface area contributed by atoms with E-state index in [0.29, 0.717) is 38.9 Å². The molecule has 0 saturated carbocycles. The molecular formula is C20H38N2O5. The first-order chi connectivity index (χ1) is 13.0. The highest BCUT2D eigenvalue weighted by Crippen LogP contribution is 2.05. The smallest absolute Gasteiger partial charge is 0.407 e. The molecule has 0 aromatic heterocycles. The molecule has 7 nitrogen and oxygen atoms in total. The van der Waals surface area contributed by atoms with E-state index in [2.05, 4.69) is 17.6 Å². The SMILES string of the molecule is CCCCCCOC(=O)C(CCC)NC(=O)C(CCC)NC(=O)OCCC. The van der Waals surface area contributed by atoms with E-state index in [1.54, 1.807) is 0 Å². The summed E-state index contributed by atoms with van der Waals surface area (Å²) in [6.07, 6.45) is 6.60. The Morgan fingerprint density at radius 3 is 1.96 bits per heavy atom. The molecule has 0 fully saturated rings. The molecule has 0 aromatic rings. The van der Waals surface area contributed by atoms with Gasteiger partial charge in [-0.15, -0.1) is 0 Å². The monoisotopic (exact) mass is 386 g/mol. The highest BCUT2D eigenvalue weighted by atomic mass is 16.5. The van der Waals surface area contributed by atoms with Crippen molar-refractivity contribution in [1.29, 1.82) is 0 Å². The summed E-state index contributed by atoms with van der Waals surface area (Å²) >= 11 is 0. The van der Waals surface area contributed by atoms with Gasteiger partial charge >= 0.3 is 12.1 Å². The lowest BCUT2D eigenvalue weighted by Gasteiger charge is -2.22. The highest BCUT2D eigenvalue weighted by molar-refractivity contribution is 5.89. The van der Waals surface area contributed by atoms with Crippen molar-refractivity contribution < 1.29 is 23.9 Å². The average molecular weight is 387 g/mol. The Hall–Kier alpha value is -1.79. The van der Waals surface area contributed by atoms with Crippen LogP contribution in [0.15, 0.2) is 0 Å². The first-order valence-electron chi connectivity index (χ1n) is 10.4. The third-order valence-corrected chi connectivity index (χ3v) is 4.04. The van der Waals surface area contributed by atoms with Gasteiger partial charge in [-0.3, -0.25) is 4.79 Å². The lowest BCUT2D eigenvalue weighted by Crippen LogP contribution is -2.52. The normalized spacial score (nSPS) is 12.7. The molecule has 0 aliphatic heterocycles. The van der Waals surface area contributed by atoms with E-state index in [1.165, 1.54) is 0 Å². The van der Waals surface area contributed by atoms with Gasteiger partial charge in [0.25, 0.3) is 0 Å². The van der Waals surface area contributed by atoms with Gasteiger partial charge in [0.05, 0.1) is 13.2 Å². The number of nitrogens with one attached hydrogen (secondary N) is 2. The molecule has 0 aliphatic carbocycles. The first-order valence-corrected chi connectivity index (χ1v) is 10.4. The lowest BCUT2D eigenvalue weighted by atomic mass is 10.1. The number of hydrogen-bond acceptors (Lipinski definition) is 5. The quantitative estimate of drug-likeness (QED) is 0.331. The zero-order chi connectivity index (χ0) is 20.5. The molecule has 0 saturated heterocycles. The molecule has 0 aromatic carbocycles. The Balaban J connectivity index is 4.64. The Labute approximate surface area is 163 Å². The fourth-order valence-corrected chi connectivity index (χ4v) is 2.55. The summed E-state index contributed by atoms with van der Waals surface area (Å²) in [5.41, 5.74) is 0. The van der Waals surface area contributed by atoms with E-state index in [1.807, 2.05) is 20.8 Å². The minimum atomic E-state index is -0.726. The first kappa shape index (κ1) is 25.2. The van der Waals surface area contributed by atoms with Gasteiger partial charge < -0.3 is 20.1 Å². The number of carbonyl (C=O) groups excluding carboxylic acids is 3. The van der Waals surface area contributed by atoms with Crippen LogP contribution in [0, 0.1) is 0 Å². The second-order valence-corrected chi connectivity index (χ2v) is 6.70. The number of ether oxygens (including phenoxy) is 2. The van der Waals surface area contributed by atoms with Crippen LogP contribution < -0.4 is 10.6 Å². The van der Waals surface area contributed by atoms with Crippen molar-refractivity contribution in [3.8, 4) is 0 Å². The van der Waals surface area contributed by atoms with E-state index in [4.69, 9.17) is 9.47 Å². The van der Waals surface area contributed by atoms with Crippen LogP contribution in [-0.4, -0.2) is 43.3 Å². The molecule has 0 rings (SSSR count). The Morgan fingerprint density at radius 2 is 1.37 bits per heavy atom. The van der Waals surface area contributed by atoms with Crippen molar-refractivity contribution in [1.82, 2.24) is 10.6 Å². The van der Waals surface area contributed by atoms with E-state index in [-0.39, 0.29) is 5.91 Å². The summed E-state index contributed by atoms with van der Waals surface area (Å²) in [5.74, 6) is -0.794. The molecule has 0 aliphatic rings. The molecule has 2 atom stereocenters. The molecule has 158 valence electrons. The van der Waals surface area contributed by atoms with Crippen LogP contribution in [0.1, 0.15) is 85.5 Å². The van der Waals surface area contributed by atoms with Gasteiger partial charge in [0.1, 0.15) is 12.1 Å². The second-order valence-electron chi connectivity index (χ2n) is 6.70. The predicted octanol–water partition coefficient (Wildman–Crippen LogP) is 3.70. The van der Waals surface area contributed by atoms with Gasteiger partial charge in [-0.25, -0.2) is 9.59 Å². The zero-order valence-corrected chi connectivity index (χ0v) is 17.5. The third kappa shape index (κ3) is 12.3. The van der Waals surface area contributed by atoms with Crippen molar-refractivity contribution >= 4 is 18.0 Å². The number of esters is 1. The van der Waals surface area contributed by atoms with E-state index < -0.39 is 24.1 Å². The van der Waals surface area contributed by atoms with Crippen molar-refractivity contribution in [2.75, 3.05) is 13.2 Å². The predicted molar refractivity (Wildman–Crippen MR) is 105 cm³/mol. The maximum atomic E-state index is 12.6. The number of hydrogen-bond donors (Lipinski definition) is 2. The summed E-state index contributed by atoms with van der Waals surface area (Å²) in [5, 5.41) is 5.31. The number of alkyl carbamates (subject to hydrolysis) is 1. The molecule has 2 amide bonds. The van der Waals surface area contributed by atoms with Crippen LogP contribution in [-0.2, 0) is 19.1 Å². The van der Waals surface area contributed by atoms with Gasteiger partial charge in [0.2, 0.25) is 5.91 Å². The molecule has 0 radical (unpaired) electrons. The minimum Gasteiger partial charge on any atom is -0.464 e. The maximum Gasteiger partial charge on any atom is 0.407 e. The van der Waals surface area contributed by atoms with E-state index >= 15 is 0 Å². The van der Waals surface area contributed by atoms with Gasteiger partial charge in [-0.05, 0) is 25.7 Å². The molecule has 0 bridgehead atoms. The molecule has 0 heterocycles. The fraction of sp³-hybridized carbons (Fsp3) is 0.850. The summed E-state index contributed by atoms with van der Waals surface area (Å²) in [7, 11) is 0. The molecule has 27 heavy (non-hydrogen) atoms. The van der Waals surface area contributed by atoms with Gasteiger partial charge in [0.15, 0.2) is 0 Å². The summed E-state index contributed by atoms with van der Waals surface area (Å²) in [4.78, 5) is 36.6. The van der Waals surface area contributed by atoms with Gasteiger partial charge in [0, 0.05) is 0 Å². The lowest BCUT2D eigenvalue weighted by molar-refractivity contribution is -0.148. The average Bonchev–Trinajstić information content (AvgIpc) is 2.65. The third-order valence-electron chi connectivity index (χ3n) is 4.04. The van der Waals surface area contributed by atoms with E-state index in [0.717, 1.165) is 32.1 Å². The largest absolute Gasteiger partial charge is 0.464 e. The minimum absolute atomic E-state index is 0.301. The summed E-state index contributed by atoms with van der Waals surface area (Å²) in [6, 6.07) is -1.42. The van der Waals surface area contributed by atoms with Gasteiger partial charge in [-0.1, -0.05) is 59.8 Å². The molecule has 0 spiro atoms. The number of unbranched alkanes of at least 4 members (excludes halogenated alkanes) is 3. The maximum absolute atomic E-state index is 12.6. The van der Waals surface area contributed by atoms with E-state index in [9.17, 15) is 14.4 Å². The molecule has 2 unspecified atom stereocenters. The van der Waals surface area contributed by atoms with Crippen LogP contribution in [0.25, 0.3) is 0 Å². The van der Waals surface area contributed by atoms with Crippen LogP contribution in [0.4, 0.5) is 4.79 Å².